The van der Waals surface area contributed by atoms with E-state index in [0.29, 0.717) is 21.7 Å². The molecule has 0 radical (unpaired) electrons. The van der Waals surface area contributed by atoms with Gasteiger partial charge < -0.3 is 4.42 Å². The second-order valence-corrected chi connectivity index (χ2v) is 6.58. The Hall–Kier alpha value is -1.92. The van der Waals surface area contributed by atoms with Crippen LogP contribution in [0.25, 0.3) is 0 Å². The zero-order valence-corrected chi connectivity index (χ0v) is 13.8. The topological polar surface area (TPSA) is 51.8 Å². The first-order valence-corrected chi connectivity index (χ1v) is 8.21. The monoisotopic (exact) mass is 349 g/mol. The minimum Gasteiger partial charge on any atom is -0.416 e. The Bertz CT molecular complexity index is 777. The summed E-state index contributed by atoms with van der Waals surface area (Å²) in [7, 11) is 0. The predicted octanol–water partition coefficient (Wildman–Crippen LogP) is 4.70. The van der Waals surface area contributed by atoms with Crippen LogP contribution in [0.5, 0.6) is 0 Å². The fourth-order valence-corrected chi connectivity index (χ4v) is 3.09. The summed E-state index contributed by atoms with van der Waals surface area (Å²) in [6.45, 7) is 2.03. The molecule has 2 heterocycles. The van der Waals surface area contributed by atoms with Crippen LogP contribution in [0.4, 0.5) is 4.39 Å². The summed E-state index contributed by atoms with van der Waals surface area (Å²) in [6.07, 6.45) is 3.69. The zero-order chi connectivity index (χ0) is 16.2. The van der Waals surface area contributed by atoms with Gasteiger partial charge in [0.2, 0.25) is 5.89 Å². The van der Waals surface area contributed by atoms with Gasteiger partial charge in [-0.3, -0.25) is 4.98 Å². The number of aromatic nitrogens is 3. The van der Waals surface area contributed by atoms with Crippen molar-refractivity contribution in [2.75, 3.05) is 0 Å². The first kappa shape index (κ1) is 16.0. The van der Waals surface area contributed by atoms with E-state index >= 15 is 0 Å². The normalized spacial score (nSPS) is 12.3. The van der Waals surface area contributed by atoms with Crippen LogP contribution in [-0.4, -0.2) is 15.2 Å². The molecule has 0 aliphatic rings. The molecule has 0 N–H and O–H groups in total. The van der Waals surface area contributed by atoms with E-state index in [9.17, 15) is 4.39 Å². The second kappa shape index (κ2) is 7.10. The molecule has 3 aromatic rings. The molecule has 1 atom stereocenters. The van der Waals surface area contributed by atoms with Crippen LogP contribution in [0.2, 0.25) is 5.02 Å². The molecule has 0 bridgehead atoms. The van der Waals surface area contributed by atoms with Gasteiger partial charge >= 0.3 is 0 Å². The largest absolute Gasteiger partial charge is 0.416 e. The van der Waals surface area contributed by atoms with Crippen molar-refractivity contribution in [2.45, 2.75) is 23.8 Å². The Balaban J connectivity index is 1.71. The maximum atomic E-state index is 13.8. The molecule has 4 nitrogen and oxygen atoms in total. The molecular weight excluding hydrogens is 337 g/mol. The Labute approximate surface area is 142 Å². The lowest BCUT2D eigenvalue weighted by Crippen LogP contribution is -1.94. The maximum absolute atomic E-state index is 13.8. The number of nitrogens with zero attached hydrogens (tertiary/aromatic N) is 3. The van der Waals surface area contributed by atoms with Crippen LogP contribution in [0.3, 0.4) is 0 Å². The molecule has 23 heavy (non-hydrogen) atoms. The Morgan fingerprint density at radius 1 is 1.26 bits per heavy atom. The van der Waals surface area contributed by atoms with Crippen LogP contribution in [0.15, 0.2) is 52.4 Å². The van der Waals surface area contributed by atoms with Crippen LogP contribution in [0, 0.1) is 5.82 Å². The van der Waals surface area contributed by atoms with Crippen molar-refractivity contribution in [1.82, 2.24) is 15.2 Å². The van der Waals surface area contributed by atoms with Gasteiger partial charge in [0.25, 0.3) is 5.22 Å². The summed E-state index contributed by atoms with van der Waals surface area (Å²) in [5.41, 5.74) is 1.42. The van der Waals surface area contributed by atoms with Crippen molar-refractivity contribution in [3.63, 3.8) is 0 Å². The number of benzene rings is 1. The van der Waals surface area contributed by atoms with Crippen molar-refractivity contribution in [3.05, 3.63) is 70.6 Å². The number of hydrogen-bond acceptors (Lipinski definition) is 5. The molecular formula is C16H13ClFN3OS. The third kappa shape index (κ3) is 3.89. The average molecular weight is 350 g/mol. The van der Waals surface area contributed by atoms with Crippen molar-refractivity contribution in [3.8, 4) is 0 Å². The number of pyridine rings is 1. The highest BCUT2D eigenvalue weighted by molar-refractivity contribution is 7.99. The SMILES string of the molecule is C[C@H](Sc1nnc(Cc2c(F)cccc2Cl)o1)c1cccnc1. The lowest BCUT2D eigenvalue weighted by atomic mass is 10.1. The summed E-state index contributed by atoms with van der Waals surface area (Å²) in [5.74, 6) is -0.0495. The highest BCUT2D eigenvalue weighted by atomic mass is 35.5. The van der Waals surface area contributed by atoms with Crippen LogP contribution >= 0.6 is 23.4 Å². The van der Waals surface area contributed by atoms with Crippen molar-refractivity contribution in [1.29, 1.82) is 0 Å². The third-order valence-electron chi connectivity index (χ3n) is 3.27. The summed E-state index contributed by atoms with van der Waals surface area (Å²) < 4.78 is 19.4. The van der Waals surface area contributed by atoms with Gasteiger partial charge in [-0.05, 0) is 30.7 Å². The average Bonchev–Trinajstić information content (AvgIpc) is 2.99. The summed E-state index contributed by atoms with van der Waals surface area (Å²) >= 11 is 7.44. The Morgan fingerprint density at radius 3 is 2.87 bits per heavy atom. The second-order valence-electron chi connectivity index (χ2n) is 4.89. The van der Waals surface area contributed by atoms with E-state index in [1.54, 1.807) is 24.5 Å². The lowest BCUT2D eigenvalue weighted by molar-refractivity contribution is 0.417. The van der Waals surface area contributed by atoms with Crippen molar-refractivity contribution in [2.24, 2.45) is 0 Å². The van der Waals surface area contributed by atoms with E-state index in [-0.39, 0.29) is 17.5 Å². The molecule has 0 unspecified atom stereocenters. The number of thioether (sulfide) groups is 1. The van der Waals surface area contributed by atoms with Crippen LogP contribution < -0.4 is 0 Å². The molecule has 0 saturated carbocycles. The minimum absolute atomic E-state index is 0.119. The van der Waals surface area contributed by atoms with Gasteiger partial charge in [-0.15, -0.1) is 10.2 Å². The molecule has 1 aromatic carbocycles. The van der Waals surface area contributed by atoms with E-state index in [4.69, 9.17) is 16.0 Å². The molecule has 2 aromatic heterocycles. The van der Waals surface area contributed by atoms with Gasteiger partial charge in [0.05, 0.1) is 6.42 Å². The smallest absolute Gasteiger partial charge is 0.277 e. The molecule has 0 amide bonds. The minimum atomic E-state index is -0.381. The number of hydrogen-bond donors (Lipinski definition) is 0. The Kier molecular flexibility index (Phi) is 4.93. The van der Waals surface area contributed by atoms with E-state index in [1.165, 1.54) is 17.8 Å². The summed E-state index contributed by atoms with van der Waals surface area (Å²) in [6, 6.07) is 8.42. The van der Waals surface area contributed by atoms with Crippen molar-refractivity contribution >= 4 is 23.4 Å². The fourth-order valence-electron chi connectivity index (χ4n) is 2.05. The first-order chi connectivity index (χ1) is 11.1. The molecule has 0 aliphatic heterocycles. The third-order valence-corrected chi connectivity index (χ3v) is 4.62. The summed E-state index contributed by atoms with van der Waals surface area (Å²) in [5, 5.41) is 8.86. The van der Waals surface area contributed by atoms with Crippen LogP contribution in [0.1, 0.15) is 29.2 Å². The van der Waals surface area contributed by atoms with Gasteiger partial charge in [-0.1, -0.05) is 35.5 Å². The van der Waals surface area contributed by atoms with E-state index < -0.39 is 0 Å². The Morgan fingerprint density at radius 2 is 2.13 bits per heavy atom. The predicted molar refractivity (Wildman–Crippen MR) is 87.0 cm³/mol. The van der Waals surface area contributed by atoms with E-state index in [2.05, 4.69) is 15.2 Å². The zero-order valence-electron chi connectivity index (χ0n) is 12.2. The molecule has 3 rings (SSSR count). The van der Waals surface area contributed by atoms with Gasteiger partial charge in [-0.2, -0.15) is 0 Å². The highest BCUT2D eigenvalue weighted by Gasteiger charge is 2.16. The molecule has 0 saturated heterocycles. The quantitative estimate of drug-likeness (QED) is 0.625. The molecule has 0 spiro atoms. The summed E-state index contributed by atoms with van der Waals surface area (Å²) in [4.78, 5) is 4.09. The van der Waals surface area contributed by atoms with Gasteiger partial charge in [0.15, 0.2) is 0 Å². The van der Waals surface area contributed by atoms with Crippen LogP contribution in [-0.2, 0) is 6.42 Å². The molecule has 7 heteroatoms. The van der Waals surface area contributed by atoms with Gasteiger partial charge in [-0.25, -0.2) is 4.39 Å². The molecule has 118 valence electrons. The maximum Gasteiger partial charge on any atom is 0.277 e. The van der Waals surface area contributed by atoms with E-state index in [0.717, 1.165) is 5.56 Å². The number of rotatable bonds is 5. The number of halogens is 2. The highest BCUT2D eigenvalue weighted by Crippen LogP contribution is 2.33. The first-order valence-electron chi connectivity index (χ1n) is 6.95. The molecule has 0 aliphatic carbocycles. The van der Waals surface area contributed by atoms with Crippen molar-refractivity contribution < 1.29 is 8.81 Å². The van der Waals surface area contributed by atoms with Gasteiger partial charge in [0, 0.05) is 28.2 Å². The van der Waals surface area contributed by atoms with E-state index in [1.807, 2.05) is 19.1 Å². The standard InChI is InChI=1S/C16H13ClFN3OS/c1-10(11-4-3-7-19-9-11)23-16-21-20-15(22-16)8-12-13(17)5-2-6-14(12)18/h2-7,9-10H,8H2,1H3/t10-/m0/s1. The lowest BCUT2D eigenvalue weighted by Gasteiger charge is -2.07. The van der Waals surface area contributed by atoms with Gasteiger partial charge in [0.1, 0.15) is 5.82 Å². The molecule has 0 fully saturated rings. The fraction of sp³-hybridized carbons (Fsp3) is 0.188.